The van der Waals surface area contributed by atoms with Crippen molar-refractivity contribution in [3.63, 3.8) is 0 Å². The maximum atomic E-state index is 10.8. The summed E-state index contributed by atoms with van der Waals surface area (Å²) in [5.41, 5.74) is 3.00. The first kappa shape index (κ1) is 28.6. The van der Waals surface area contributed by atoms with Crippen molar-refractivity contribution >= 4 is 21.5 Å². The van der Waals surface area contributed by atoms with Crippen molar-refractivity contribution in [2.45, 2.75) is 58.7 Å². The maximum absolute atomic E-state index is 10.8. The molecule has 0 aliphatic heterocycles. The number of nitrogens with zero attached hydrogens (tertiary/aromatic N) is 2. The minimum atomic E-state index is -0.831. The Morgan fingerprint density at radius 1 is 1.23 bits per heavy atom. The number of nitrogens with one attached hydrogen (secondary N) is 1. The third-order valence-corrected chi connectivity index (χ3v) is 6.89. The minimum Gasteiger partial charge on any atom is -0.396 e. The van der Waals surface area contributed by atoms with E-state index in [1.165, 1.54) is 22.5 Å². The summed E-state index contributed by atoms with van der Waals surface area (Å²) in [6.07, 6.45) is 16.0. The number of benzene rings is 1. The maximum Gasteiger partial charge on any atom is 0.185 e. The number of rotatable bonds is 15. The molecular weight excluding hydrogens is 454 g/mol. The quantitative estimate of drug-likeness (QED) is 0.148. The molecule has 1 aromatic heterocycles. The molecule has 0 aliphatic carbocycles. The zero-order valence-corrected chi connectivity index (χ0v) is 22.3. The summed E-state index contributed by atoms with van der Waals surface area (Å²) in [7, 11) is 2.05. The van der Waals surface area contributed by atoms with Gasteiger partial charge in [0.25, 0.3) is 0 Å². The lowest BCUT2D eigenvalue weighted by molar-refractivity contribution is 0.131. The predicted octanol–water partition coefficient (Wildman–Crippen LogP) is 6.58. The molecule has 0 radical (unpaired) electrons. The summed E-state index contributed by atoms with van der Waals surface area (Å²) < 4.78 is 0. The molecule has 3 unspecified atom stereocenters. The largest absolute Gasteiger partial charge is 0.396 e. The third kappa shape index (κ3) is 9.13. The summed E-state index contributed by atoms with van der Waals surface area (Å²) in [5.74, 6) is 0.227. The van der Waals surface area contributed by atoms with Crippen molar-refractivity contribution in [2.24, 2.45) is 5.92 Å². The molecule has 1 aromatic carbocycles. The van der Waals surface area contributed by atoms with Crippen molar-refractivity contribution < 1.29 is 10.2 Å². The molecule has 0 saturated heterocycles. The molecule has 0 spiro atoms. The zero-order valence-electron chi connectivity index (χ0n) is 21.5. The van der Waals surface area contributed by atoms with Crippen LogP contribution in [0, 0.1) is 12.8 Å². The molecule has 35 heavy (non-hydrogen) atoms. The van der Waals surface area contributed by atoms with Crippen molar-refractivity contribution in [2.75, 3.05) is 23.9 Å². The number of thiazole rings is 1. The van der Waals surface area contributed by atoms with Gasteiger partial charge in [-0.1, -0.05) is 90.6 Å². The Morgan fingerprint density at radius 3 is 2.71 bits per heavy atom. The number of aromatic nitrogens is 1. The van der Waals surface area contributed by atoms with Crippen molar-refractivity contribution in [1.29, 1.82) is 0 Å². The molecule has 0 amide bonds. The van der Waals surface area contributed by atoms with Crippen molar-refractivity contribution in [1.82, 2.24) is 4.98 Å². The molecule has 190 valence electrons. The molecule has 5 nitrogen and oxygen atoms in total. The van der Waals surface area contributed by atoms with E-state index >= 15 is 0 Å². The molecule has 1 heterocycles. The van der Waals surface area contributed by atoms with Crippen LogP contribution in [0.5, 0.6) is 0 Å². The summed E-state index contributed by atoms with van der Waals surface area (Å²) in [4.78, 5) is 6.95. The minimum absolute atomic E-state index is 0.0754. The highest BCUT2D eigenvalue weighted by atomic mass is 32.1. The number of aryl methyl sites for hydroxylation is 1. The Labute approximate surface area is 215 Å². The molecule has 0 fully saturated rings. The number of unbranched alkanes of at least 4 members (excludes halogenated alkanes) is 1. The van der Waals surface area contributed by atoms with Crippen LogP contribution in [0.2, 0.25) is 0 Å². The first-order chi connectivity index (χ1) is 16.9. The second-order valence-corrected chi connectivity index (χ2v) is 9.72. The Morgan fingerprint density at radius 2 is 2.03 bits per heavy atom. The molecule has 2 rings (SSSR count). The first-order valence-electron chi connectivity index (χ1n) is 12.3. The molecular formula is C29H41N3O2S. The number of hydrogen-bond acceptors (Lipinski definition) is 6. The molecule has 0 aliphatic rings. The third-order valence-electron chi connectivity index (χ3n) is 5.77. The summed E-state index contributed by atoms with van der Waals surface area (Å²) >= 11 is 1.54. The Bertz CT molecular complexity index is 996. The normalized spacial score (nSPS) is 14.6. The van der Waals surface area contributed by atoms with Gasteiger partial charge in [0, 0.05) is 26.6 Å². The van der Waals surface area contributed by atoms with Crippen LogP contribution in [-0.4, -0.2) is 34.9 Å². The highest BCUT2D eigenvalue weighted by Crippen LogP contribution is 2.38. The first-order valence-corrected chi connectivity index (χ1v) is 13.1. The SMILES string of the molecule is C=CCC/C=C/C(C(C)/C=C\C=C/C)N(C)c1sc(NCc2cccc(C)c2)nc1C(O)CCO. The van der Waals surface area contributed by atoms with Gasteiger partial charge in [-0.25, -0.2) is 4.98 Å². The van der Waals surface area contributed by atoms with E-state index in [4.69, 9.17) is 4.98 Å². The number of likely N-dealkylation sites (N-methyl/N-ethyl adjacent to an activating group) is 1. The lowest BCUT2D eigenvalue weighted by Crippen LogP contribution is -2.35. The van der Waals surface area contributed by atoms with Gasteiger partial charge in [-0.05, 0) is 38.2 Å². The number of hydrogen-bond donors (Lipinski definition) is 3. The van der Waals surface area contributed by atoms with Gasteiger partial charge < -0.3 is 20.4 Å². The fourth-order valence-electron chi connectivity index (χ4n) is 3.83. The van der Waals surface area contributed by atoms with Gasteiger partial charge in [-0.15, -0.1) is 6.58 Å². The van der Waals surface area contributed by atoms with Crippen LogP contribution >= 0.6 is 11.3 Å². The van der Waals surface area contributed by atoms with E-state index in [9.17, 15) is 10.2 Å². The number of aliphatic hydroxyl groups excluding tert-OH is 2. The summed E-state index contributed by atoms with van der Waals surface area (Å²) in [5, 5.41) is 25.3. The molecule has 3 atom stereocenters. The van der Waals surface area contributed by atoms with E-state index in [1.807, 2.05) is 25.2 Å². The fourth-order valence-corrected chi connectivity index (χ4v) is 4.86. The standard InChI is InChI=1S/C29H41N3O2S/c1-6-8-10-12-17-25(23(4)15-11-9-7-2)32(5)28-27(26(34)18-19-33)31-29(35-28)30-21-24-16-13-14-22(3)20-24/h6-7,9,11-17,20,23,25-26,33-34H,1,8,10,18-19,21H2,2-5H3,(H,30,31)/b9-7-,15-11-,17-12+. The Kier molecular flexibility index (Phi) is 12.5. The average molecular weight is 496 g/mol. The number of aliphatic hydroxyl groups is 2. The number of anilines is 2. The highest BCUT2D eigenvalue weighted by molar-refractivity contribution is 7.19. The van der Waals surface area contributed by atoms with Crippen LogP contribution in [0.25, 0.3) is 0 Å². The van der Waals surface area contributed by atoms with Gasteiger partial charge in [0.2, 0.25) is 0 Å². The average Bonchev–Trinajstić information content (AvgIpc) is 3.27. The van der Waals surface area contributed by atoms with Crippen LogP contribution in [-0.2, 0) is 6.54 Å². The predicted molar refractivity (Wildman–Crippen MR) is 151 cm³/mol. The van der Waals surface area contributed by atoms with Crippen LogP contribution < -0.4 is 10.2 Å². The van der Waals surface area contributed by atoms with Crippen molar-refractivity contribution in [3.05, 3.63) is 90.2 Å². The smallest absolute Gasteiger partial charge is 0.185 e. The fraction of sp³-hybridized carbons (Fsp3) is 0.414. The summed E-state index contributed by atoms with van der Waals surface area (Å²) in [6.45, 7) is 10.7. The van der Waals surface area contributed by atoms with Gasteiger partial charge in [-0.2, -0.15) is 0 Å². The van der Waals surface area contributed by atoms with E-state index in [0.717, 1.165) is 23.0 Å². The second-order valence-electron chi connectivity index (χ2n) is 8.75. The second kappa shape index (κ2) is 15.4. The lowest BCUT2D eigenvalue weighted by atomic mass is 9.98. The van der Waals surface area contributed by atoms with Gasteiger partial charge in [-0.3, -0.25) is 0 Å². The highest BCUT2D eigenvalue weighted by Gasteiger charge is 2.26. The van der Waals surface area contributed by atoms with E-state index in [0.29, 0.717) is 12.2 Å². The molecule has 0 saturated carbocycles. The molecule has 0 bridgehead atoms. The van der Waals surface area contributed by atoms with E-state index in [-0.39, 0.29) is 25.0 Å². The van der Waals surface area contributed by atoms with Crippen LogP contribution in [0.1, 0.15) is 56.0 Å². The molecule has 3 N–H and O–H groups in total. The van der Waals surface area contributed by atoms with Gasteiger partial charge >= 0.3 is 0 Å². The molecule has 2 aromatic rings. The van der Waals surface area contributed by atoms with E-state index in [1.54, 1.807) is 0 Å². The van der Waals surface area contributed by atoms with Gasteiger partial charge in [0.05, 0.1) is 6.04 Å². The van der Waals surface area contributed by atoms with Crippen LogP contribution in [0.15, 0.2) is 73.4 Å². The monoisotopic (exact) mass is 495 g/mol. The van der Waals surface area contributed by atoms with Crippen LogP contribution in [0.3, 0.4) is 0 Å². The topological polar surface area (TPSA) is 68.6 Å². The van der Waals surface area contributed by atoms with Crippen molar-refractivity contribution in [3.8, 4) is 0 Å². The Hall–Kier alpha value is -2.67. The lowest BCUT2D eigenvalue weighted by Gasteiger charge is -2.31. The summed E-state index contributed by atoms with van der Waals surface area (Å²) in [6, 6.07) is 8.45. The van der Waals surface area contributed by atoms with E-state index < -0.39 is 6.10 Å². The van der Waals surface area contributed by atoms with Crippen LogP contribution in [0.4, 0.5) is 10.1 Å². The van der Waals surface area contributed by atoms with E-state index in [2.05, 4.69) is 86.3 Å². The zero-order chi connectivity index (χ0) is 25.6. The van der Waals surface area contributed by atoms with Gasteiger partial charge in [0.15, 0.2) is 5.13 Å². The number of allylic oxidation sites excluding steroid dienone is 5. The molecule has 6 heteroatoms. The van der Waals surface area contributed by atoms with Gasteiger partial charge in [0.1, 0.15) is 16.8 Å². The Balaban J connectivity index is 2.36.